The van der Waals surface area contributed by atoms with Gasteiger partial charge in [0.2, 0.25) is 5.91 Å². The number of carbonyl (C=O) groups excluding carboxylic acids is 1. The highest BCUT2D eigenvalue weighted by molar-refractivity contribution is 6.39. The van der Waals surface area contributed by atoms with Gasteiger partial charge in [-0.05, 0) is 18.7 Å². The number of halogens is 2. The number of para-hydroxylation sites is 1. The van der Waals surface area contributed by atoms with Crippen LogP contribution >= 0.6 is 23.2 Å². The van der Waals surface area contributed by atoms with Gasteiger partial charge in [0.15, 0.2) is 0 Å². The molecule has 0 bridgehead atoms. The van der Waals surface area contributed by atoms with Gasteiger partial charge in [0, 0.05) is 0 Å². The molecule has 4 nitrogen and oxygen atoms in total. The van der Waals surface area contributed by atoms with Crippen LogP contribution in [0, 0.1) is 11.3 Å². The van der Waals surface area contributed by atoms with Crippen molar-refractivity contribution in [2.75, 3.05) is 25.0 Å². The van der Waals surface area contributed by atoms with Crippen LogP contribution in [-0.2, 0) is 4.79 Å². The summed E-state index contributed by atoms with van der Waals surface area (Å²) in [7, 11) is 0. The fraction of sp³-hybridized carbons (Fsp3) is 0.333. The third-order valence-electron chi connectivity index (χ3n) is 2.34. The molecular formula is C12H13Cl2N3O. The first kappa shape index (κ1) is 14.8. The maximum atomic E-state index is 11.8. The highest BCUT2D eigenvalue weighted by atomic mass is 35.5. The Balaban J connectivity index is 2.68. The minimum atomic E-state index is -0.248. The van der Waals surface area contributed by atoms with E-state index in [4.69, 9.17) is 28.5 Å². The van der Waals surface area contributed by atoms with Crippen LogP contribution in [0.5, 0.6) is 0 Å². The van der Waals surface area contributed by atoms with Crippen LogP contribution in [0.4, 0.5) is 5.69 Å². The predicted molar refractivity (Wildman–Crippen MR) is 72.8 cm³/mol. The van der Waals surface area contributed by atoms with Crippen molar-refractivity contribution in [2.45, 2.75) is 6.92 Å². The molecule has 0 aliphatic heterocycles. The first-order chi connectivity index (χ1) is 8.58. The lowest BCUT2D eigenvalue weighted by molar-refractivity contribution is -0.117. The third kappa shape index (κ3) is 4.19. The molecule has 18 heavy (non-hydrogen) atoms. The third-order valence-corrected chi connectivity index (χ3v) is 2.97. The Morgan fingerprint density at radius 1 is 1.44 bits per heavy atom. The van der Waals surface area contributed by atoms with Crippen LogP contribution in [0.15, 0.2) is 18.2 Å². The van der Waals surface area contributed by atoms with Crippen LogP contribution in [0.1, 0.15) is 6.92 Å². The van der Waals surface area contributed by atoms with Crippen LogP contribution < -0.4 is 5.32 Å². The van der Waals surface area contributed by atoms with Gasteiger partial charge in [-0.15, -0.1) is 0 Å². The van der Waals surface area contributed by atoms with Crippen molar-refractivity contribution in [2.24, 2.45) is 0 Å². The summed E-state index contributed by atoms with van der Waals surface area (Å²) in [5, 5.41) is 12.0. The molecule has 0 spiro atoms. The number of hydrogen-bond donors (Lipinski definition) is 1. The highest BCUT2D eigenvalue weighted by Gasteiger charge is 2.12. The molecule has 0 atom stereocenters. The van der Waals surface area contributed by atoms with Crippen molar-refractivity contribution in [1.82, 2.24) is 4.90 Å². The second kappa shape index (κ2) is 7.22. The van der Waals surface area contributed by atoms with Crippen LogP contribution in [0.25, 0.3) is 0 Å². The van der Waals surface area contributed by atoms with Gasteiger partial charge < -0.3 is 5.32 Å². The number of anilines is 1. The summed E-state index contributed by atoms with van der Waals surface area (Å²) in [4.78, 5) is 13.5. The molecular weight excluding hydrogens is 273 g/mol. The van der Waals surface area contributed by atoms with Gasteiger partial charge in [0.25, 0.3) is 0 Å². The van der Waals surface area contributed by atoms with Gasteiger partial charge >= 0.3 is 0 Å². The Morgan fingerprint density at radius 2 is 2.06 bits per heavy atom. The molecule has 1 aromatic rings. The standard InChI is InChI=1S/C12H13Cl2N3O/c1-2-17(7-6-15)8-11(18)16-12-9(13)4-3-5-10(12)14/h3-5H,2,7-8H2,1H3,(H,16,18). The number of benzene rings is 1. The number of rotatable bonds is 5. The van der Waals surface area contributed by atoms with Crippen molar-refractivity contribution < 1.29 is 4.79 Å². The van der Waals surface area contributed by atoms with E-state index < -0.39 is 0 Å². The fourth-order valence-corrected chi connectivity index (χ4v) is 1.87. The summed E-state index contributed by atoms with van der Waals surface area (Å²) < 4.78 is 0. The number of amides is 1. The second-order valence-electron chi connectivity index (χ2n) is 3.61. The molecule has 0 radical (unpaired) electrons. The maximum absolute atomic E-state index is 11.8. The SMILES string of the molecule is CCN(CC#N)CC(=O)Nc1c(Cl)cccc1Cl. The summed E-state index contributed by atoms with van der Waals surface area (Å²) in [6, 6.07) is 7.00. The minimum absolute atomic E-state index is 0.131. The summed E-state index contributed by atoms with van der Waals surface area (Å²) in [6.07, 6.45) is 0. The second-order valence-corrected chi connectivity index (χ2v) is 4.42. The van der Waals surface area contributed by atoms with Crippen LogP contribution in [-0.4, -0.2) is 30.4 Å². The zero-order valence-corrected chi connectivity index (χ0v) is 11.4. The maximum Gasteiger partial charge on any atom is 0.238 e. The quantitative estimate of drug-likeness (QED) is 0.847. The first-order valence-electron chi connectivity index (χ1n) is 5.41. The molecule has 1 aromatic carbocycles. The molecule has 0 aliphatic carbocycles. The first-order valence-corrected chi connectivity index (χ1v) is 6.17. The van der Waals surface area contributed by atoms with E-state index >= 15 is 0 Å². The lowest BCUT2D eigenvalue weighted by atomic mass is 10.3. The van der Waals surface area contributed by atoms with E-state index in [0.717, 1.165) is 0 Å². The van der Waals surface area contributed by atoms with E-state index in [1.54, 1.807) is 23.1 Å². The molecule has 0 fully saturated rings. The average molecular weight is 286 g/mol. The van der Waals surface area contributed by atoms with E-state index in [0.29, 0.717) is 22.3 Å². The molecule has 0 unspecified atom stereocenters. The number of nitriles is 1. The lowest BCUT2D eigenvalue weighted by Gasteiger charge is -2.16. The van der Waals surface area contributed by atoms with Gasteiger partial charge in [-0.3, -0.25) is 9.69 Å². The van der Waals surface area contributed by atoms with E-state index in [9.17, 15) is 4.79 Å². The van der Waals surface area contributed by atoms with Crippen molar-refractivity contribution >= 4 is 34.8 Å². The Hall–Kier alpha value is -1.28. The number of carbonyl (C=O) groups is 1. The van der Waals surface area contributed by atoms with Crippen molar-refractivity contribution in [1.29, 1.82) is 5.26 Å². The Morgan fingerprint density at radius 3 is 2.56 bits per heavy atom. The number of nitrogens with zero attached hydrogens (tertiary/aromatic N) is 2. The summed E-state index contributed by atoms with van der Waals surface area (Å²) in [5.41, 5.74) is 0.402. The number of nitrogens with one attached hydrogen (secondary N) is 1. The molecule has 1 amide bonds. The summed E-state index contributed by atoms with van der Waals surface area (Å²) in [6.45, 7) is 2.84. The van der Waals surface area contributed by atoms with Crippen molar-refractivity contribution in [3.05, 3.63) is 28.2 Å². The molecule has 0 aliphatic rings. The van der Waals surface area contributed by atoms with Gasteiger partial charge in [-0.25, -0.2) is 0 Å². The number of hydrogen-bond acceptors (Lipinski definition) is 3. The van der Waals surface area contributed by atoms with Gasteiger partial charge in [0.05, 0.1) is 34.9 Å². The van der Waals surface area contributed by atoms with E-state index in [2.05, 4.69) is 5.32 Å². The molecule has 0 aromatic heterocycles. The molecule has 96 valence electrons. The zero-order valence-electron chi connectivity index (χ0n) is 9.91. The molecule has 1 rings (SSSR count). The lowest BCUT2D eigenvalue weighted by Crippen LogP contribution is -2.33. The normalized spacial score (nSPS) is 10.2. The van der Waals surface area contributed by atoms with Crippen LogP contribution in [0.3, 0.4) is 0 Å². The van der Waals surface area contributed by atoms with E-state index in [1.165, 1.54) is 0 Å². The zero-order chi connectivity index (χ0) is 13.5. The molecule has 0 saturated carbocycles. The van der Waals surface area contributed by atoms with Crippen molar-refractivity contribution in [3.63, 3.8) is 0 Å². The predicted octanol–water partition coefficient (Wildman–Crippen LogP) is 2.78. The van der Waals surface area contributed by atoms with Gasteiger partial charge in [-0.2, -0.15) is 5.26 Å². The Kier molecular flexibility index (Phi) is 5.93. The summed E-state index contributed by atoms with van der Waals surface area (Å²) >= 11 is 11.9. The van der Waals surface area contributed by atoms with E-state index in [1.807, 2.05) is 13.0 Å². The Bertz CT molecular complexity index is 451. The average Bonchev–Trinajstić information content (AvgIpc) is 2.33. The molecule has 0 heterocycles. The number of likely N-dealkylation sites (N-methyl/N-ethyl adjacent to an activating group) is 1. The van der Waals surface area contributed by atoms with Crippen LogP contribution in [0.2, 0.25) is 10.0 Å². The minimum Gasteiger partial charge on any atom is -0.322 e. The largest absolute Gasteiger partial charge is 0.322 e. The fourth-order valence-electron chi connectivity index (χ4n) is 1.38. The molecule has 0 saturated heterocycles. The van der Waals surface area contributed by atoms with Crippen molar-refractivity contribution in [3.8, 4) is 6.07 Å². The highest BCUT2D eigenvalue weighted by Crippen LogP contribution is 2.29. The smallest absolute Gasteiger partial charge is 0.238 e. The summed E-state index contributed by atoms with van der Waals surface area (Å²) in [5.74, 6) is -0.248. The Labute approximate surface area is 116 Å². The monoisotopic (exact) mass is 285 g/mol. The molecule has 6 heteroatoms. The van der Waals surface area contributed by atoms with Gasteiger partial charge in [-0.1, -0.05) is 36.2 Å². The molecule has 1 N–H and O–H groups in total. The topological polar surface area (TPSA) is 56.1 Å². The van der Waals surface area contributed by atoms with Gasteiger partial charge in [0.1, 0.15) is 0 Å². The van der Waals surface area contributed by atoms with E-state index in [-0.39, 0.29) is 19.0 Å².